The first-order valence-electron chi connectivity index (χ1n) is 10.7. The SMILES string of the molecule is O=S1CCc2c(N3CCC(c4ccc(Cl)cc4)CC3)nn(CC3(CO)CCC3)c21. The quantitative estimate of drug-likeness (QED) is 0.780. The van der Waals surface area contributed by atoms with Crippen LogP contribution in [0.4, 0.5) is 5.82 Å². The predicted molar refractivity (Wildman–Crippen MR) is 116 cm³/mol. The van der Waals surface area contributed by atoms with E-state index in [1.807, 2.05) is 16.8 Å². The van der Waals surface area contributed by atoms with Crippen LogP contribution < -0.4 is 4.90 Å². The number of aliphatic hydroxyl groups is 1. The zero-order chi connectivity index (χ0) is 20.0. The maximum atomic E-state index is 12.7. The van der Waals surface area contributed by atoms with E-state index in [0.717, 1.165) is 67.5 Å². The Hall–Kier alpha value is -1.37. The summed E-state index contributed by atoms with van der Waals surface area (Å²) in [6.45, 7) is 2.82. The molecule has 1 aromatic carbocycles. The molecular formula is C22H28ClN3O2S. The van der Waals surface area contributed by atoms with Crippen molar-refractivity contribution in [2.24, 2.45) is 5.41 Å². The average Bonchev–Trinajstić information content (AvgIpc) is 3.26. The Morgan fingerprint density at radius 2 is 1.93 bits per heavy atom. The number of nitrogens with zero attached hydrogens (tertiary/aromatic N) is 3. The highest BCUT2D eigenvalue weighted by Crippen LogP contribution is 2.44. The second-order valence-electron chi connectivity index (χ2n) is 8.89. The molecule has 2 aliphatic heterocycles. The Morgan fingerprint density at radius 1 is 1.21 bits per heavy atom. The molecule has 0 amide bonds. The highest BCUT2D eigenvalue weighted by atomic mass is 35.5. The van der Waals surface area contributed by atoms with Crippen LogP contribution >= 0.6 is 11.6 Å². The number of aromatic nitrogens is 2. The molecule has 1 atom stereocenters. The number of halogens is 1. The van der Waals surface area contributed by atoms with Crippen molar-refractivity contribution < 1.29 is 9.32 Å². The number of aliphatic hydroxyl groups excluding tert-OH is 1. The van der Waals surface area contributed by atoms with Gasteiger partial charge in [0.1, 0.15) is 5.03 Å². The molecule has 3 aliphatic rings. The van der Waals surface area contributed by atoms with Crippen LogP contribution in [0.1, 0.15) is 49.1 Å². The third-order valence-electron chi connectivity index (χ3n) is 7.10. The Labute approximate surface area is 179 Å². The van der Waals surface area contributed by atoms with E-state index in [4.69, 9.17) is 16.7 Å². The summed E-state index contributed by atoms with van der Waals surface area (Å²) in [5.41, 5.74) is 2.48. The molecule has 1 saturated heterocycles. The van der Waals surface area contributed by atoms with Gasteiger partial charge in [0.15, 0.2) is 5.82 Å². The largest absolute Gasteiger partial charge is 0.396 e. The molecule has 1 saturated carbocycles. The van der Waals surface area contributed by atoms with Crippen molar-refractivity contribution in [2.75, 3.05) is 30.3 Å². The van der Waals surface area contributed by atoms with E-state index in [9.17, 15) is 9.32 Å². The molecule has 3 heterocycles. The minimum absolute atomic E-state index is 0.0641. The second kappa shape index (κ2) is 7.71. The first-order chi connectivity index (χ1) is 14.1. The lowest BCUT2D eigenvalue weighted by Crippen LogP contribution is -2.38. The van der Waals surface area contributed by atoms with Crippen LogP contribution in [-0.2, 0) is 23.8 Å². The molecule has 0 bridgehead atoms. The zero-order valence-corrected chi connectivity index (χ0v) is 18.2. The Balaban J connectivity index is 1.35. The van der Waals surface area contributed by atoms with E-state index in [1.54, 1.807) is 0 Å². The van der Waals surface area contributed by atoms with Crippen molar-refractivity contribution in [3.05, 3.63) is 40.4 Å². The fraction of sp³-hybridized carbons (Fsp3) is 0.591. The van der Waals surface area contributed by atoms with Crippen LogP contribution in [0.2, 0.25) is 5.02 Å². The van der Waals surface area contributed by atoms with Crippen molar-refractivity contribution in [1.82, 2.24) is 9.78 Å². The van der Waals surface area contributed by atoms with Crippen LogP contribution in [0, 0.1) is 5.41 Å². The minimum atomic E-state index is -0.967. The number of benzene rings is 1. The van der Waals surface area contributed by atoms with E-state index in [2.05, 4.69) is 17.0 Å². The van der Waals surface area contributed by atoms with E-state index in [1.165, 1.54) is 11.1 Å². The fourth-order valence-corrected chi connectivity index (χ4v) is 6.64. The molecule has 5 nitrogen and oxygen atoms in total. The lowest BCUT2D eigenvalue weighted by Gasteiger charge is -2.40. The fourth-order valence-electron chi connectivity index (χ4n) is 5.12. The predicted octanol–water partition coefficient (Wildman–Crippen LogP) is 3.75. The third-order valence-corrected chi connectivity index (χ3v) is 8.82. The van der Waals surface area contributed by atoms with E-state index < -0.39 is 10.8 Å². The zero-order valence-electron chi connectivity index (χ0n) is 16.6. The summed E-state index contributed by atoms with van der Waals surface area (Å²) in [6.07, 6.45) is 6.26. The normalized spacial score (nSPS) is 23.8. The average molecular weight is 434 g/mol. The highest BCUT2D eigenvalue weighted by Gasteiger charge is 2.40. The summed E-state index contributed by atoms with van der Waals surface area (Å²) in [5, 5.41) is 16.5. The number of piperidine rings is 1. The maximum absolute atomic E-state index is 12.7. The van der Waals surface area contributed by atoms with Gasteiger partial charge in [0.2, 0.25) is 0 Å². The van der Waals surface area contributed by atoms with Crippen LogP contribution in [0.25, 0.3) is 0 Å². The van der Waals surface area contributed by atoms with Gasteiger partial charge in [-0.05, 0) is 55.7 Å². The molecule has 1 aromatic heterocycles. The molecule has 0 spiro atoms. The first kappa shape index (κ1) is 19.6. The molecular weight excluding hydrogens is 406 g/mol. The Kier molecular flexibility index (Phi) is 5.21. The van der Waals surface area contributed by atoms with Gasteiger partial charge in [-0.15, -0.1) is 0 Å². The summed E-state index contributed by atoms with van der Waals surface area (Å²) < 4.78 is 14.7. The molecule has 29 heavy (non-hydrogen) atoms. The molecule has 1 aliphatic carbocycles. The van der Waals surface area contributed by atoms with Gasteiger partial charge >= 0.3 is 0 Å². The molecule has 5 rings (SSSR count). The summed E-state index contributed by atoms with van der Waals surface area (Å²) in [6, 6.07) is 8.24. The summed E-state index contributed by atoms with van der Waals surface area (Å²) in [7, 11) is -0.967. The highest BCUT2D eigenvalue weighted by molar-refractivity contribution is 7.85. The van der Waals surface area contributed by atoms with Crippen molar-refractivity contribution >= 4 is 28.2 Å². The summed E-state index contributed by atoms with van der Waals surface area (Å²) >= 11 is 6.03. The lowest BCUT2D eigenvalue weighted by molar-refractivity contribution is 0.0219. The molecule has 1 N–H and O–H groups in total. The van der Waals surface area contributed by atoms with Crippen LogP contribution in [0.15, 0.2) is 29.3 Å². The van der Waals surface area contributed by atoms with Gasteiger partial charge in [-0.2, -0.15) is 5.10 Å². The van der Waals surface area contributed by atoms with Crippen molar-refractivity contribution in [3.8, 4) is 0 Å². The monoisotopic (exact) mass is 433 g/mol. The van der Waals surface area contributed by atoms with Gasteiger partial charge in [0.25, 0.3) is 0 Å². The summed E-state index contributed by atoms with van der Waals surface area (Å²) in [4.78, 5) is 2.39. The van der Waals surface area contributed by atoms with Gasteiger partial charge in [0, 0.05) is 34.8 Å². The van der Waals surface area contributed by atoms with Crippen LogP contribution in [-0.4, -0.2) is 44.5 Å². The van der Waals surface area contributed by atoms with Crippen molar-refractivity contribution in [2.45, 2.75) is 56.0 Å². The summed E-state index contributed by atoms with van der Waals surface area (Å²) in [5.74, 6) is 2.29. The Bertz CT molecular complexity index is 909. The number of fused-ring (bicyclic) bond motifs is 1. The topological polar surface area (TPSA) is 58.4 Å². The Morgan fingerprint density at radius 3 is 2.55 bits per heavy atom. The standard InChI is InChI=1S/C22H28ClN3O2S/c23-18-4-2-16(3-5-18)17-6-11-25(12-7-17)20-19-8-13-29(28)21(19)26(24-20)14-22(15-27)9-1-10-22/h2-5,17,27H,1,6-15H2. The molecule has 7 heteroatoms. The third kappa shape index (κ3) is 3.53. The van der Waals surface area contributed by atoms with Gasteiger partial charge in [-0.1, -0.05) is 30.2 Å². The number of anilines is 1. The van der Waals surface area contributed by atoms with Crippen molar-refractivity contribution in [3.63, 3.8) is 0 Å². The smallest absolute Gasteiger partial charge is 0.155 e. The van der Waals surface area contributed by atoms with E-state index in [-0.39, 0.29) is 12.0 Å². The van der Waals surface area contributed by atoms with Crippen molar-refractivity contribution in [1.29, 1.82) is 0 Å². The second-order valence-corrected chi connectivity index (χ2v) is 10.8. The number of rotatable bonds is 5. The number of hydrogen-bond acceptors (Lipinski definition) is 4. The maximum Gasteiger partial charge on any atom is 0.155 e. The number of hydrogen-bond donors (Lipinski definition) is 1. The van der Waals surface area contributed by atoms with E-state index >= 15 is 0 Å². The van der Waals surface area contributed by atoms with Gasteiger partial charge in [-0.3, -0.25) is 8.89 Å². The van der Waals surface area contributed by atoms with Gasteiger partial charge < -0.3 is 10.0 Å². The van der Waals surface area contributed by atoms with Crippen LogP contribution in [0.5, 0.6) is 0 Å². The van der Waals surface area contributed by atoms with Crippen LogP contribution in [0.3, 0.4) is 0 Å². The first-order valence-corrected chi connectivity index (χ1v) is 12.4. The molecule has 156 valence electrons. The molecule has 2 aromatic rings. The van der Waals surface area contributed by atoms with E-state index in [0.29, 0.717) is 18.2 Å². The minimum Gasteiger partial charge on any atom is -0.396 e. The molecule has 2 fully saturated rings. The molecule has 1 unspecified atom stereocenters. The lowest BCUT2D eigenvalue weighted by atomic mass is 9.69. The molecule has 0 radical (unpaired) electrons. The van der Waals surface area contributed by atoms with Gasteiger partial charge in [0.05, 0.1) is 24.0 Å². The van der Waals surface area contributed by atoms with Gasteiger partial charge in [-0.25, -0.2) is 0 Å².